The zero-order chi connectivity index (χ0) is 24.4. The number of phenols is 1. The van der Waals surface area contributed by atoms with Crippen LogP contribution in [0, 0.1) is 0 Å². The van der Waals surface area contributed by atoms with E-state index in [0.29, 0.717) is 46.7 Å². The number of fused-ring (bicyclic) bond motifs is 1. The summed E-state index contributed by atoms with van der Waals surface area (Å²) >= 11 is 0. The van der Waals surface area contributed by atoms with Gasteiger partial charge in [-0.15, -0.1) is 0 Å². The molecule has 1 saturated carbocycles. The number of carbonyl (C=O) groups excluding carboxylic acids is 1. The van der Waals surface area contributed by atoms with Crippen LogP contribution in [-0.4, -0.2) is 50.3 Å². The zero-order valence-corrected chi connectivity index (χ0v) is 19.5. The predicted molar refractivity (Wildman–Crippen MR) is 133 cm³/mol. The number of nitrogens with zero attached hydrogens (tertiary/aromatic N) is 2. The standard InChI is InChI=1S/C27H28N4O4/c1-35-26-19(6-5-13-28-26)17-8-10-23(32)20(14-17)24-30-21-9-7-18(15-22(21)31-24)25(33)29-16-27(34)11-3-2-4-12-27/h5-10,13-15,32,34H,2-4,11-12,16H2,1H3,(H,29,33)(H,30,31). The van der Waals surface area contributed by atoms with Crippen LogP contribution in [0.3, 0.4) is 0 Å². The molecule has 2 aromatic heterocycles. The molecule has 1 aliphatic carbocycles. The summed E-state index contributed by atoms with van der Waals surface area (Å²) in [5.74, 6) is 0.809. The molecule has 0 aliphatic heterocycles. The summed E-state index contributed by atoms with van der Waals surface area (Å²) in [6.45, 7) is 0.247. The van der Waals surface area contributed by atoms with Gasteiger partial charge in [0.1, 0.15) is 11.6 Å². The first-order valence-electron chi connectivity index (χ1n) is 11.8. The molecule has 0 saturated heterocycles. The summed E-state index contributed by atoms with van der Waals surface area (Å²) in [5, 5.41) is 24.1. The number of phenolic OH excluding ortho intramolecular Hbond substituents is 1. The zero-order valence-electron chi connectivity index (χ0n) is 19.5. The maximum Gasteiger partial charge on any atom is 0.251 e. The molecular formula is C27H28N4O4. The van der Waals surface area contributed by atoms with E-state index in [1.807, 2.05) is 18.2 Å². The topological polar surface area (TPSA) is 120 Å². The summed E-state index contributed by atoms with van der Waals surface area (Å²) in [4.78, 5) is 24.8. The molecule has 2 heterocycles. The molecule has 0 radical (unpaired) electrons. The average molecular weight is 473 g/mol. The lowest BCUT2D eigenvalue weighted by molar-refractivity contribution is 0.00526. The van der Waals surface area contributed by atoms with Crippen molar-refractivity contribution in [3.05, 3.63) is 60.3 Å². The highest BCUT2D eigenvalue weighted by Gasteiger charge is 2.29. The molecule has 0 bridgehead atoms. The van der Waals surface area contributed by atoms with Gasteiger partial charge in [0.2, 0.25) is 5.88 Å². The predicted octanol–water partition coefficient (Wildman–Crippen LogP) is 4.43. The minimum absolute atomic E-state index is 0.0781. The highest BCUT2D eigenvalue weighted by Crippen LogP contribution is 2.35. The fourth-order valence-electron chi connectivity index (χ4n) is 4.68. The monoisotopic (exact) mass is 472 g/mol. The first-order valence-corrected chi connectivity index (χ1v) is 11.8. The second kappa shape index (κ2) is 9.38. The Morgan fingerprint density at radius 2 is 1.94 bits per heavy atom. The van der Waals surface area contributed by atoms with Gasteiger partial charge in [0.05, 0.1) is 29.3 Å². The lowest BCUT2D eigenvalue weighted by atomic mass is 9.85. The van der Waals surface area contributed by atoms with Gasteiger partial charge in [0, 0.05) is 23.9 Å². The van der Waals surface area contributed by atoms with Crippen molar-refractivity contribution < 1.29 is 19.7 Å². The van der Waals surface area contributed by atoms with Crippen molar-refractivity contribution in [1.29, 1.82) is 0 Å². The molecular weight excluding hydrogens is 444 g/mol. The third kappa shape index (κ3) is 4.70. The van der Waals surface area contributed by atoms with Gasteiger partial charge in [-0.05, 0) is 60.9 Å². The Bertz CT molecular complexity index is 1370. The van der Waals surface area contributed by atoms with Crippen LogP contribution < -0.4 is 10.1 Å². The number of methoxy groups -OCH3 is 1. The Kier molecular flexibility index (Phi) is 6.13. The van der Waals surface area contributed by atoms with E-state index < -0.39 is 5.60 Å². The van der Waals surface area contributed by atoms with Crippen molar-refractivity contribution in [1.82, 2.24) is 20.3 Å². The molecule has 0 unspecified atom stereocenters. The van der Waals surface area contributed by atoms with Crippen molar-refractivity contribution >= 4 is 16.9 Å². The Balaban J connectivity index is 1.41. The summed E-state index contributed by atoms with van der Waals surface area (Å²) < 4.78 is 5.37. The molecule has 8 nitrogen and oxygen atoms in total. The molecule has 5 rings (SSSR count). The number of aromatic hydroxyl groups is 1. The number of imidazole rings is 1. The van der Waals surface area contributed by atoms with Crippen molar-refractivity contribution in [2.24, 2.45) is 0 Å². The highest BCUT2D eigenvalue weighted by molar-refractivity contribution is 5.97. The van der Waals surface area contributed by atoms with Gasteiger partial charge in [0.15, 0.2) is 0 Å². The van der Waals surface area contributed by atoms with Crippen LogP contribution >= 0.6 is 0 Å². The second-order valence-corrected chi connectivity index (χ2v) is 9.08. The molecule has 1 fully saturated rings. The fraction of sp³-hybridized carbons (Fsp3) is 0.296. The van der Waals surface area contributed by atoms with Gasteiger partial charge in [-0.1, -0.05) is 25.3 Å². The number of hydrogen-bond donors (Lipinski definition) is 4. The van der Waals surface area contributed by atoms with E-state index in [1.165, 1.54) is 0 Å². The molecule has 1 aliphatic rings. The largest absolute Gasteiger partial charge is 0.507 e. The third-order valence-corrected chi connectivity index (χ3v) is 6.63. The quantitative estimate of drug-likeness (QED) is 0.329. The minimum Gasteiger partial charge on any atom is -0.507 e. The normalized spacial score (nSPS) is 15.1. The number of pyridine rings is 1. The summed E-state index contributed by atoms with van der Waals surface area (Å²) in [6, 6.07) is 14.2. The van der Waals surface area contributed by atoms with Crippen molar-refractivity contribution in [2.75, 3.05) is 13.7 Å². The van der Waals surface area contributed by atoms with E-state index in [1.54, 1.807) is 43.6 Å². The molecule has 4 N–H and O–H groups in total. The molecule has 180 valence electrons. The maximum atomic E-state index is 12.8. The number of aromatic amines is 1. The van der Waals surface area contributed by atoms with E-state index in [2.05, 4.69) is 20.3 Å². The fourth-order valence-corrected chi connectivity index (χ4v) is 4.68. The number of nitrogens with one attached hydrogen (secondary N) is 2. The van der Waals surface area contributed by atoms with Crippen LogP contribution in [-0.2, 0) is 0 Å². The van der Waals surface area contributed by atoms with E-state index in [9.17, 15) is 15.0 Å². The van der Waals surface area contributed by atoms with E-state index >= 15 is 0 Å². The molecule has 0 spiro atoms. The molecule has 2 aromatic carbocycles. The van der Waals surface area contributed by atoms with Crippen LogP contribution in [0.1, 0.15) is 42.5 Å². The average Bonchev–Trinajstić information content (AvgIpc) is 3.31. The van der Waals surface area contributed by atoms with Crippen molar-refractivity contribution in [3.63, 3.8) is 0 Å². The van der Waals surface area contributed by atoms with Crippen LogP contribution in [0.2, 0.25) is 0 Å². The number of rotatable bonds is 6. The smallest absolute Gasteiger partial charge is 0.251 e. The summed E-state index contributed by atoms with van der Waals surface area (Å²) in [6.07, 6.45) is 6.18. The van der Waals surface area contributed by atoms with Crippen LogP contribution in [0.5, 0.6) is 11.6 Å². The number of H-pyrrole nitrogens is 1. The van der Waals surface area contributed by atoms with Crippen molar-refractivity contribution in [3.8, 4) is 34.1 Å². The van der Waals surface area contributed by atoms with Crippen LogP contribution in [0.15, 0.2) is 54.7 Å². The lowest BCUT2D eigenvalue weighted by Crippen LogP contribution is -2.44. The number of benzene rings is 2. The molecule has 0 atom stereocenters. The van der Waals surface area contributed by atoms with E-state index in [4.69, 9.17) is 4.74 Å². The van der Waals surface area contributed by atoms with Gasteiger partial charge in [-0.2, -0.15) is 0 Å². The first kappa shape index (κ1) is 22.9. The molecule has 8 heteroatoms. The van der Waals surface area contributed by atoms with Gasteiger partial charge >= 0.3 is 0 Å². The van der Waals surface area contributed by atoms with Crippen LogP contribution in [0.25, 0.3) is 33.5 Å². The van der Waals surface area contributed by atoms with Gasteiger partial charge in [-0.3, -0.25) is 4.79 Å². The van der Waals surface area contributed by atoms with Crippen LogP contribution in [0.4, 0.5) is 0 Å². The maximum absolute atomic E-state index is 12.8. The van der Waals surface area contributed by atoms with Gasteiger partial charge in [-0.25, -0.2) is 9.97 Å². The SMILES string of the molecule is COc1ncccc1-c1ccc(O)c(-c2nc3ccc(C(=O)NCC4(O)CCCCC4)cc3[nH]2)c1. The Labute approximate surface area is 203 Å². The number of hydrogen-bond acceptors (Lipinski definition) is 6. The number of ether oxygens (including phenoxy) is 1. The third-order valence-electron chi connectivity index (χ3n) is 6.63. The number of aromatic nitrogens is 3. The second-order valence-electron chi connectivity index (χ2n) is 9.08. The van der Waals surface area contributed by atoms with E-state index in [-0.39, 0.29) is 18.2 Å². The highest BCUT2D eigenvalue weighted by atomic mass is 16.5. The molecule has 1 amide bonds. The molecule has 35 heavy (non-hydrogen) atoms. The summed E-state index contributed by atoms with van der Waals surface area (Å²) in [5.41, 5.74) is 3.15. The molecule has 4 aromatic rings. The summed E-state index contributed by atoms with van der Waals surface area (Å²) in [7, 11) is 1.57. The Morgan fingerprint density at radius 3 is 2.74 bits per heavy atom. The van der Waals surface area contributed by atoms with Crippen molar-refractivity contribution in [2.45, 2.75) is 37.7 Å². The van der Waals surface area contributed by atoms with E-state index in [0.717, 1.165) is 30.4 Å². The number of carbonyl (C=O) groups is 1. The van der Waals surface area contributed by atoms with Gasteiger partial charge in [0.25, 0.3) is 5.91 Å². The lowest BCUT2D eigenvalue weighted by Gasteiger charge is -2.32. The number of aliphatic hydroxyl groups is 1. The van der Waals surface area contributed by atoms with Gasteiger partial charge < -0.3 is 25.3 Å². The first-order chi connectivity index (χ1) is 17.0. The Hall–Kier alpha value is -3.91. The number of amides is 1. The Morgan fingerprint density at radius 1 is 1.11 bits per heavy atom. The minimum atomic E-state index is -0.821.